The molecule has 0 fully saturated rings. The van der Waals surface area contributed by atoms with Gasteiger partial charge in [0.15, 0.2) is 0 Å². The van der Waals surface area contributed by atoms with Crippen molar-refractivity contribution in [2.75, 3.05) is 11.4 Å². The number of carbonyl (C=O) groups excluding carboxylic acids is 1. The molecule has 1 atom stereocenters. The van der Waals surface area contributed by atoms with Gasteiger partial charge in [-0.1, -0.05) is 42.5 Å². The largest absolute Gasteiger partial charge is 0.320 e. The van der Waals surface area contributed by atoms with Gasteiger partial charge in [0, 0.05) is 12.2 Å². The predicted molar refractivity (Wildman–Crippen MR) is 85.4 cm³/mol. The van der Waals surface area contributed by atoms with E-state index in [2.05, 4.69) is 18.2 Å². The third-order valence-corrected chi connectivity index (χ3v) is 4.02. The molecule has 1 aliphatic heterocycles. The SMILES string of the molecule is Cc1ccc2c(c1)N(C(=O)[C@@H](N)Cc1ccccc1)CC2. The lowest BCUT2D eigenvalue weighted by atomic mass is 10.1. The van der Waals surface area contributed by atoms with Crippen molar-refractivity contribution in [1.29, 1.82) is 0 Å². The first-order valence-corrected chi connectivity index (χ1v) is 7.35. The first-order valence-electron chi connectivity index (χ1n) is 7.35. The third kappa shape index (κ3) is 2.83. The van der Waals surface area contributed by atoms with Crippen LogP contribution in [0.25, 0.3) is 0 Å². The molecule has 2 aromatic carbocycles. The van der Waals surface area contributed by atoms with E-state index in [1.54, 1.807) is 0 Å². The molecule has 0 spiro atoms. The Labute approximate surface area is 125 Å². The lowest BCUT2D eigenvalue weighted by molar-refractivity contribution is -0.119. The molecule has 0 saturated carbocycles. The number of nitrogens with zero attached hydrogens (tertiary/aromatic N) is 1. The number of anilines is 1. The van der Waals surface area contributed by atoms with Crippen LogP contribution >= 0.6 is 0 Å². The number of fused-ring (bicyclic) bond motifs is 1. The zero-order valence-corrected chi connectivity index (χ0v) is 12.3. The van der Waals surface area contributed by atoms with Gasteiger partial charge in [-0.15, -0.1) is 0 Å². The molecular formula is C18H20N2O. The van der Waals surface area contributed by atoms with Crippen molar-refractivity contribution in [3.05, 3.63) is 65.2 Å². The summed E-state index contributed by atoms with van der Waals surface area (Å²) >= 11 is 0. The molecule has 3 heteroatoms. The monoisotopic (exact) mass is 280 g/mol. The Morgan fingerprint density at radius 1 is 1.24 bits per heavy atom. The summed E-state index contributed by atoms with van der Waals surface area (Å²) in [6.45, 7) is 2.78. The molecule has 1 aliphatic rings. The van der Waals surface area contributed by atoms with E-state index in [1.165, 1.54) is 11.1 Å². The quantitative estimate of drug-likeness (QED) is 0.938. The summed E-state index contributed by atoms with van der Waals surface area (Å²) in [7, 11) is 0. The molecule has 3 rings (SSSR count). The number of amides is 1. The summed E-state index contributed by atoms with van der Waals surface area (Å²) in [6, 6.07) is 15.7. The van der Waals surface area contributed by atoms with Gasteiger partial charge in [0.2, 0.25) is 5.91 Å². The van der Waals surface area contributed by atoms with Gasteiger partial charge in [-0.05, 0) is 42.5 Å². The first-order chi connectivity index (χ1) is 10.1. The van der Waals surface area contributed by atoms with Crippen molar-refractivity contribution in [2.24, 2.45) is 5.73 Å². The average molecular weight is 280 g/mol. The fourth-order valence-corrected chi connectivity index (χ4v) is 2.87. The fraction of sp³-hybridized carbons (Fsp3) is 0.278. The molecule has 0 bridgehead atoms. The van der Waals surface area contributed by atoms with Crippen LogP contribution in [-0.4, -0.2) is 18.5 Å². The Morgan fingerprint density at radius 3 is 2.76 bits per heavy atom. The van der Waals surface area contributed by atoms with Gasteiger partial charge in [-0.2, -0.15) is 0 Å². The van der Waals surface area contributed by atoms with Gasteiger partial charge in [0.25, 0.3) is 0 Å². The van der Waals surface area contributed by atoms with Crippen LogP contribution in [0.3, 0.4) is 0 Å². The second-order valence-corrected chi connectivity index (χ2v) is 5.67. The molecule has 1 heterocycles. The van der Waals surface area contributed by atoms with E-state index in [-0.39, 0.29) is 5.91 Å². The third-order valence-electron chi connectivity index (χ3n) is 4.02. The number of nitrogens with two attached hydrogens (primary N) is 1. The molecule has 0 aromatic heterocycles. The molecule has 0 radical (unpaired) electrons. The van der Waals surface area contributed by atoms with Gasteiger partial charge >= 0.3 is 0 Å². The van der Waals surface area contributed by atoms with Crippen molar-refractivity contribution in [2.45, 2.75) is 25.8 Å². The Bertz CT molecular complexity index is 652. The zero-order chi connectivity index (χ0) is 14.8. The smallest absolute Gasteiger partial charge is 0.244 e. The summed E-state index contributed by atoms with van der Waals surface area (Å²) in [6.07, 6.45) is 1.50. The van der Waals surface area contributed by atoms with E-state index in [1.807, 2.05) is 42.2 Å². The molecule has 108 valence electrons. The number of hydrogen-bond acceptors (Lipinski definition) is 2. The molecule has 21 heavy (non-hydrogen) atoms. The number of rotatable bonds is 3. The summed E-state index contributed by atoms with van der Waals surface area (Å²) in [5.74, 6) is 0.0169. The minimum Gasteiger partial charge on any atom is -0.320 e. The Morgan fingerprint density at radius 2 is 2.00 bits per heavy atom. The topological polar surface area (TPSA) is 46.3 Å². The van der Waals surface area contributed by atoms with Crippen molar-refractivity contribution < 1.29 is 4.79 Å². The van der Waals surface area contributed by atoms with Gasteiger partial charge < -0.3 is 10.6 Å². The molecule has 1 amide bonds. The lowest BCUT2D eigenvalue weighted by Gasteiger charge is -2.22. The summed E-state index contributed by atoms with van der Waals surface area (Å²) in [5.41, 5.74) is 10.7. The highest BCUT2D eigenvalue weighted by molar-refractivity contribution is 5.99. The maximum atomic E-state index is 12.6. The van der Waals surface area contributed by atoms with Gasteiger partial charge in [-0.3, -0.25) is 4.79 Å². The number of benzene rings is 2. The van der Waals surface area contributed by atoms with Gasteiger partial charge in [-0.25, -0.2) is 0 Å². The molecule has 2 N–H and O–H groups in total. The highest BCUT2D eigenvalue weighted by atomic mass is 16.2. The molecule has 2 aromatic rings. The zero-order valence-electron chi connectivity index (χ0n) is 12.3. The van der Waals surface area contributed by atoms with Crippen molar-refractivity contribution >= 4 is 11.6 Å². The number of carbonyl (C=O) groups is 1. The Hall–Kier alpha value is -2.13. The van der Waals surface area contributed by atoms with Crippen LogP contribution in [-0.2, 0) is 17.6 Å². The van der Waals surface area contributed by atoms with E-state index in [0.717, 1.165) is 24.2 Å². The molecule has 3 nitrogen and oxygen atoms in total. The molecule has 0 aliphatic carbocycles. The second-order valence-electron chi connectivity index (χ2n) is 5.67. The first kappa shape index (κ1) is 13.8. The van der Waals surface area contributed by atoms with Crippen LogP contribution in [0.5, 0.6) is 0 Å². The van der Waals surface area contributed by atoms with Gasteiger partial charge in [0.1, 0.15) is 0 Å². The minimum atomic E-state index is -0.487. The van der Waals surface area contributed by atoms with Crippen LogP contribution in [0.1, 0.15) is 16.7 Å². The lowest BCUT2D eigenvalue weighted by Crippen LogP contribution is -2.44. The maximum Gasteiger partial charge on any atom is 0.244 e. The van der Waals surface area contributed by atoms with E-state index >= 15 is 0 Å². The number of aryl methyl sites for hydroxylation is 1. The standard InChI is InChI=1S/C18H20N2O/c1-13-7-8-15-9-10-20(17(15)11-13)18(21)16(19)12-14-5-3-2-4-6-14/h2-8,11,16H,9-10,12,19H2,1H3/t16-/m0/s1. The van der Waals surface area contributed by atoms with E-state index in [4.69, 9.17) is 5.73 Å². The Balaban J connectivity index is 1.76. The van der Waals surface area contributed by atoms with Crippen LogP contribution in [0, 0.1) is 6.92 Å². The van der Waals surface area contributed by atoms with Crippen molar-refractivity contribution in [3.63, 3.8) is 0 Å². The second kappa shape index (κ2) is 5.70. The van der Waals surface area contributed by atoms with Crippen LogP contribution in [0.4, 0.5) is 5.69 Å². The molecule has 0 unspecified atom stereocenters. The van der Waals surface area contributed by atoms with Crippen molar-refractivity contribution in [3.8, 4) is 0 Å². The van der Waals surface area contributed by atoms with Crippen LogP contribution in [0.15, 0.2) is 48.5 Å². The fourth-order valence-electron chi connectivity index (χ4n) is 2.87. The van der Waals surface area contributed by atoms with Crippen LogP contribution < -0.4 is 10.6 Å². The minimum absolute atomic E-state index is 0.0169. The highest BCUT2D eigenvalue weighted by Gasteiger charge is 2.28. The highest BCUT2D eigenvalue weighted by Crippen LogP contribution is 2.29. The normalized spacial score (nSPS) is 14.9. The van der Waals surface area contributed by atoms with E-state index in [9.17, 15) is 4.79 Å². The number of hydrogen-bond donors (Lipinski definition) is 1. The summed E-state index contributed by atoms with van der Waals surface area (Å²) in [4.78, 5) is 14.5. The van der Waals surface area contributed by atoms with Crippen LogP contribution in [0.2, 0.25) is 0 Å². The Kier molecular flexibility index (Phi) is 3.76. The van der Waals surface area contributed by atoms with E-state index < -0.39 is 6.04 Å². The predicted octanol–water partition coefficient (Wildman–Crippen LogP) is 2.45. The average Bonchev–Trinajstić information content (AvgIpc) is 2.90. The summed E-state index contributed by atoms with van der Waals surface area (Å²) in [5, 5.41) is 0. The van der Waals surface area contributed by atoms with E-state index in [0.29, 0.717) is 6.42 Å². The summed E-state index contributed by atoms with van der Waals surface area (Å²) < 4.78 is 0. The van der Waals surface area contributed by atoms with Gasteiger partial charge in [0.05, 0.1) is 6.04 Å². The molecular weight excluding hydrogens is 260 g/mol. The van der Waals surface area contributed by atoms with Crippen molar-refractivity contribution in [1.82, 2.24) is 0 Å². The molecule has 0 saturated heterocycles. The maximum absolute atomic E-state index is 12.6.